The van der Waals surface area contributed by atoms with Crippen LogP contribution < -0.4 is 5.32 Å². The Morgan fingerprint density at radius 1 is 1.45 bits per heavy atom. The molecule has 2 N–H and O–H groups in total. The van der Waals surface area contributed by atoms with Crippen LogP contribution in [0.15, 0.2) is 27.1 Å². The first-order valence-corrected chi connectivity index (χ1v) is 7.54. The maximum atomic E-state index is 10.3. The number of rotatable bonds is 4. The van der Waals surface area contributed by atoms with Gasteiger partial charge in [0.15, 0.2) is 5.58 Å². The molecule has 0 amide bonds. The van der Waals surface area contributed by atoms with Crippen LogP contribution in [0.2, 0.25) is 0 Å². The van der Waals surface area contributed by atoms with Gasteiger partial charge in [0.25, 0.3) is 6.01 Å². The Balaban J connectivity index is 1.59. The quantitative estimate of drug-likeness (QED) is 0.895. The lowest BCUT2D eigenvalue weighted by Crippen LogP contribution is -2.40. The van der Waals surface area contributed by atoms with E-state index in [1.807, 2.05) is 18.2 Å². The van der Waals surface area contributed by atoms with Crippen molar-refractivity contribution in [3.05, 3.63) is 22.7 Å². The minimum atomic E-state index is -0.722. The van der Waals surface area contributed by atoms with Crippen LogP contribution in [0.25, 0.3) is 11.1 Å². The Hall–Kier alpha value is -1.11. The van der Waals surface area contributed by atoms with Crippen LogP contribution in [0.3, 0.4) is 0 Å². The van der Waals surface area contributed by atoms with E-state index in [0.29, 0.717) is 25.6 Å². The highest BCUT2D eigenvalue weighted by atomic mass is 79.9. The molecule has 0 aliphatic carbocycles. The normalized spacial score (nSPS) is 23.1. The molecule has 1 fully saturated rings. The molecule has 1 saturated heterocycles. The van der Waals surface area contributed by atoms with Gasteiger partial charge in [-0.3, -0.25) is 0 Å². The summed E-state index contributed by atoms with van der Waals surface area (Å²) in [6, 6.07) is 6.19. The number of aromatic nitrogens is 1. The molecule has 108 valence electrons. The first-order valence-electron chi connectivity index (χ1n) is 6.75. The van der Waals surface area contributed by atoms with Crippen molar-refractivity contribution in [1.82, 2.24) is 4.98 Å². The predicted molar refractivity (Wildman–Crippen MR) is 79.8 cm³/mol. The number of halogens is 1. The molecule has 0 unspecified atom stereocenters. The molecule has 1 aromatic heterocycles. The summed E-state index contributed by atoms with van der Waals surface area (Å²) in [5.74, 6) is 0. The Bertz CT molecular complexity index is 593. The van der Waals surface area contributed by atoms with Crippen LogP contribution in [0, 0.1) is 0 Å². The fourth-order valence-corrected chi connectivity index (χ4v) is 2.76. The van der Waals surface area contributed by atoms with Crippen molar-refractivity contribution in [3.8, 4) is 0 Å². The van der Waals surface area contributed by atoms with Crippen LogP contribution in [0.1, 0.15) is 19.3 Å². The Kier molecular flexibility index (Phi) is 3.96. The summed E-state index contributed by atoms with van der Waals surface area (Å²) in [6.07, 6.45) is 2.32. The van der Waals surface area contributed by atoms with Gasteiger partial charge in [-0.2, -0.15) is 4.98 Å². The number of hydrogen-bond donors (Lipinski definition) is 2. The first-order chi connectivity index (χ1) is 9.65. The third-order valence-electron chi connectivity index (χ3n) is 3.52. The van der Waals surface area contributed by atoms with E-state index in [-0.39, 0.29) is 0 Å². The fraction of sp³-hybridized carbons (Fsp3) is 0.500. The van der Waals surface area contributed by atoms with Crippen molar-refractivity contribution in [2.24, 2.45) is 0 Å². The van der Waals surface area contributed by atoms with E-state index >= 15 is 0 Å². The highest BCUT2D eigenvalue weighted by molar-refractivity contribution is 9.10. The number of anilines is 1. The van der Waals surface area contributed by atoms with Crippen LogP contribution in [-0.2, 0) is 4.74 Å². The average molecular weight is 341 g/mol. The Morgan fingerprint density at radius 3 is 3.15 bits per heavy atom. The largest absolute Gasteiger partial charge is 0.424 e. The number of nitrogens with zero attached hydrogens (tertiary/aromatic N) is 1. The third kappa shape index (κ3) is 3.13. The highest BCUT2D eigenvalue weighted by Gasteiger charge is 2.29. The molecule has 5 nitrogen and oxygen atoms in total. The summed E-state index contributed by atoms with van der Waals surface area (Å²) in [5.41, 5.74) is 0.831. The van der Waals surface area contributed by atoms with Gasteiger partial charge in [0.05, 0.1) is 12.2 Å². The molecule has 0 saturated carbocycles. The summed E-state index contributed by atoms with van der Waals surface area (Å²) in [7, 11) is 0. The topological polar surface area (TPSA) is 67.5 Å². The number of benzene rings is 1. The van der Waals surface area contributed by atoms with Gasteiger partial charge in [-0.25, -0.2) is 0 Å². The summed E-state index contributed by atoms with van der Waals surface area (Å²) >= 11 is 3.40. The molecule has 6 heteroatoms. The van der Waals surface area contributed by atoms with Gasteiger partial charge < -0.3 is 19.6 Å². The molecule has 0 spiro atoms. The van der Waals surface area contributed by atoms with Crippen molar-refractivity contribution in [1.29, 1.82) is 0 Å². The van der Waals surface area contributed by atoms with Crippen LogP contribution in [0.5, 0.6) is 0 Å². The molecule has 0 bridgehead atoms. The van der Waals surface area contributed by atoms with E-state index in [4.69, 9.17) is 9.15 Å². The van der Waals surface area contributed by atoms with E-state index in [0.717, 1.165) is 35.0 Å². The van der Waals surface area contributed by atoms with Crippen LogP contribution in [-0.4, -0.2) is 35.5 Å². The van der Waals surface area contributed by atoms with E-state index in [9.17, 15) is 5.11 Å². The first kappa shape index (κ1) is 13.9. The van der Waals surface area contributed by atoms with Gasteiger partial charge in [-0.15, -0.1) is 0 Å². The maximum Gasteiger partial charge on any atom is 0.295 e. The molecular formula is C14H17BrN2O3. The molecule has 1 aliphatic rings. The maximum absolute atomic E-state index is 10.3. The van der Waals surface area contributed by atoms with Crippen LogP contribution >= 0.6 is 15.9 Å². The molecule has 1 aliphatic heterocycles. The van der Waals surface area contributed by atoms with Gasteiger partial charge in [0.2, 0.25) is 0 Å². The SMILES string of the molecule is O[C@@]1(CCNc2nc3cc(Br)ccc3o2)CCCOC1. The summed E-state index contributed by atoms with van der Waals surface area (Å²) in [4.78, 5) is 4.36. The zero-order valence-electron chi connectivity index (χ0n) is 11.1. The van der Waals surface area contributed by atoms with E-state index < -0.39 is 5.60 Å². The Morgan fingerprint density at radius 2 is 2.35 bits per heavy atom. The van der Waals surface area contributed by atoms with Crippen molar-refractivity contribution < 1.29 is 14.3 Å². The summed E-state index contributed by atoms with van der Waals surface area (Å²) in [5, 5.41) is 13.4. The van der Waals surface area contributed by atoms with Gasteiger partial charge in [-0.1, -0.05) is 15.9 Å². The molecule has 3 rings (SSSR count). The number of oxazole rings is 1. The molecule has 0 radical (unpaired) electrons. The standard InChI is InChI=1S/C14H17BrN2O3/c15-10-2-3-12-11(8-10)17-13(20-12)16-6-5-14(18)4-1-7-19-9-14/h2-3,8,18H,1,4-7,9H2,(H,16,17)/t14-/m1/s1. The second-order valence-corrected chi connectivity index (χ2v) is 6.10. The minimum Gasteiger partial charge on any atom is -0.424 e. The van der Waals surface area contributed by atoms with E-state index in [1.54, 1.807) is 0 Å². The summed E-state index contributed by atoms with van der Waals surface area (Å²) < 4.78 is 11.9. The predicted octanol–water partition coefficient (Wildman–Crippen LogP) is 2.93. The highest BCUT2D eigenvalue weighted by Crippen LogP contribution is 2.24. The number of nitrogens with one attached hydrogen (secondary N) is 1. The zero-order valence-corrected chi connectivity index (χ0v) is 12.6. The van der Waals surface area contributed by atoms with Gasteiger partial charge >= 0.3 is 0 Å². The lowest BCUT2D eigenvalue weighted by molar-refractivity contribution is -0.0875. The lowest BCUT2D eigenvalue weighted by atomic mass is 9.93. The van der Waals surface area contributed by atoms with Gasteiger partial charge in [-0.05, 0) is 37.5 Å². The van der Waals surface area contributed by atoms with Crippen molar-refractivity contribution in [2.45, 2.75) is 24.9 Å². The second kappa shape index (κ2) is 5.71. The van der Waals surface area contributed by atoms with Gasteiger partial charge in [0.1, 0.15) is 5.52 Å². The van der Waals surface area contributed by atoms with Crippen molar-refractivity contribution >= 4 is 33.0 Å². The lowest BCUT2D eigenvalue weighted by Gasteiger charge is -2.31. The van der Waals surface area contributed by atoms with Gasteiger partial charge in [0, 0.05) is 17.6 Å². The number of fused-ring (bicyclic) bond motifs is 1. The van der Waals surface area contributed by atoms with E-state index in [1.165, 1.54) is 0 Å². The summed E-state index contributed by atoms with van der Waals surface area (Å²) in [6.45, 7) is 1.76. The molecule has 2 aromatic rings. The van der Waals surface area contributed by atoms with Crippen molar-refractivity contribution in [3.63, 3.8) is 0 Å². The van der Waals surface area contributed by atoms with Crippen molar-refractivity contribution in [2.75, 3.05) is 25.1 Å². The number of aliphatic hydroxyl groups is 1. The third-order valence-corrected chi connectivity index (χ3v) is 4.01. The molecule has 1 atom stereocenters. The molecular weight excluding hydrogens is 324 g/mol. The van der Waals surface area contributed by atoms with Crippen LogP contribution in [0.4, 0.5) is 6.01 Å². The molecule has 2 heterocycles. The monoisotopic (exact) mass is 340 g/mol. The zero-order chi connectivity index (χ0) is 14.0. The van der Waals surface area contributed by atoms with E-state index in [2.05, 4.69) is 26.2 Å². The fourth-order valence-electron chi connectivity index (χ4n) is 2.41. The number of ether oxygens (including phenoxy) is 1. The number of hydrogen-bond acceptors (Lipinski definition) is 5. The minimum absolute atomic E-state index is 0.412. The average Bonchev–Trinajstić information content (AvgIpc) is 2.81. The Labute approximate surface area is 125 Å². The molecule has 1 aromatic carbocycles. The second-order valence-electron chi connectivity index (χ2n) is 5.19. The smallest absolute Gasteiger partial charge is 0.295 e. The molecule has 20 heavy (non-hydrogen) atoms.